The van der Waals surface area contributed by atoms with Crippen molar-refractivity contribution in [3.63, 3.8) is 0 Å². The van der Waals surface area contributed by atoms with Gasteiger partial charge < -0.3 is 15.1 Å². The molecule has 2 aromatic heterocycles. The highest BCUT2D eigenvalue weighted by atomic mass is 32.1. The van der Waals surface area contributed by atoms with E-state index in [0.29, 0.717) is 37.3 Å². The fourth-order valence-corrected chi connectivity index (χ4v) is 6.36. The van der Waals surface area contributed by atoms with Crippen LogP contribution in [-0.4, -0.2) is 64.9 Å². The van der Waals surface area contributed by atoms with Crippen LogP contribution in [0.1, 0.15) is 26.6 Å². The predicted octanol–water partition coefficient (Wildman–Crippen LogP) is 4.49. The van der Waals surface area contributed by atoms with Crippen molar-refractivity contribution in [2.45, 2.75) is 18.5 Å². The monoisotopic (exact) mass is 506 g/mol. The molecule has 4 aromatic rings. The average Bonchev–Trinajstić information content (AvgIpc) is 3.62. The van der Waals surface area contributed by atoms with Gasteiger partial charge in [0, 0.05) is 53.7 Å². The van der Waals surface area contributed by atoms with E-state index in [2.05, 4.69) is 10.3 Å². The Kier molecular flexibility index (Phi) is 5.83. The van der Waals surface area contributed by atoms with E-state index in [1.807, 2.05) is 53.4 Å². The first-order valence-electron chi connectivity index (χ1n) is 11.6. The number of thiazole rings is 1. The Bertz CT molecular complexity index is 1380. The van der Waals surface area contributed by atoms with Gasteiger partial charge in [-0.3, -0.25) is 9.59 Å². The van der Waals surface area contributed by atoms with Gasteiger partial charge in [-0.15, -0.1) is 22.7 Å². The number of carbonyl (C=O) groups excluding carboxylic acids is 2. The van der Waals surface area contributed by atoms with Gasteiger partial charge in [0.1, 0.15) is 10.6 Å². The second-order valence-corrected chi connectivity index (χ2v) is 10.8. The Morgan fingerprint density at radius 1 is 0.971 bits per heavy atom. The molecule has 4 heterocycles. The minimum absolute atomic E-state index is 0.0309. The van der Waals surface area contributed by atoms with Crippen LogP contribution in [0.5, 0.6) is 0 Å². The number of nitrogens with zero attached hydrogens (tertiary/aromatic N) is 3. The molecule has 2 fully saturated rings. The summed E-state index contributed by atoms with van der Waals surface area (Å²) in [5.74, 6) is -0.720. The summed E-state index contributed by atoms with van der Waals surface area (Å²) in [4.78, 5) is 33.3. The fraction of sp³-hybridized carbons (Fsp3) is 0.269. The van der Waals surface area contributed by atoms with E-state index in [1.54, 1.807) is 15.8 Å². The Hall–Kier alpha value is -3.14. The zero-order chi connectivity index (χ0) is 23.9. The van der Waals surface area contributed by atoms with Gasteiger partial charge >= 0.3 is 0 Å². The molecule has 6 rings (SSSR count). The van der Waals surface area contributed by atoms with Gasteiger partial charge in [-0.05, 0) is 29.7 Å². The number of thiophene rings is 1. The summed E-state index contributed by atoms with van der Waals surface area (Å²) in [7, 11) is 0. The van der Waals surface area contributed by atoms with Crippen LogP contribution < -0.4 is 5.32 Å². The van der Waals surface area contributed by atoms with Gasteiger partial charge in [0.05, 0.1) is 5.51 Å². The zero-order valence-corrected chi connectivity index (χ0v) is 20.4. The standard InChI is InChI=1S/C26H23FN4O2S2/c27-23-20-10-17(16-4-2-1-3-5-16)6-7-22(20)35-24(23)26(33)31-12-19(13-31)29-18-8-9-30(11-18)25(32)21-14-34-15-28-21/h1-7,10,14-15,18-19,29H,8-9,11-13H2. The van der Waals surface area contributed by atoms with Crippen LogP contribution in [0, 0.1) is 5.82 Å². The molecule has 9 heteroatoms. The first-order valence-corrected chi connectivity index (χ1v) is 13.3. The topological polar surface area (TPSA) is 65.5 Å². The lowest BCUT2D eigenvalue weighted by Crippen LogP contribution is -2.62. The summed E-state index contributed by atoms with van der Waals surface area (Å²) in [6, 6.07) is 15.9. The van der Waals surface area contributed by atoms with Crippen molar-refractivity contribution in [2.75, 3.05) is 26.2 Å². The molecule has 0 saturated carbocycles. The van der Waals surface area contributed by atoms with Gasteiger partial charge in [-0.1, -0.05) is 36.4 Å². The van der Waals surface area contributed by atoms with Crippen LogP contribution in [0.3, 0.4) is 0 Å². The number of rotatable bonds is 5. The van der Waals surface area contributed by atoms with Crippen LogP contribution in [0.2, 0.25) is 0 Å². The molecule has 0 spiro atoms. The van der Waals surface area contributed by atoms with Crippen LogP contribution in [-0.2, 0) is 0 Å². The number of halogens is 1. The number of likely N-dealkylation sites (tertiary alicyclic amines) is 2. The van der Waals surface area contributed by atoms with E-state index < -0.39 is 5.82 Å². The maximum absolute atomic E-state index is 15.3. The minimum Gasteiger partial charge on any atom is -0.336 e. The molecule has 1 atom stereocenters. The first-order chi connectivity index (χ1) is 17.1. The third-order valence-corrected chi connectivity index (χ3v) is 8.42. The van der Waals surface area contributed by atoms with Crippen molar-refractivity contribution in [1.29, 1.82) is 0 Å². The predicted molar refractivity (Wildman–Crippen MR) is 136 cm³/mol. The lowest BCUT2D eigenvalue weighted by Gasteiger charge is -2.40. The number of aromatic nitrogens is 1. The second-order valence-electron chi connectivity index (χ2n) is 9.01. The summed E-state index contributed by atoms with van der Waals surface area (Å²) in [5.41, 5.74) is 4.11. The fourth-order valence-electron chi connectivity index (χ4n) is 4.80. The molecule has 2 aromatic carbocycles. The first kappa shape index (κ1) is 22.3. The average molecular weight is 507 g/mol. The van der Waals surface area contributed by atoms with Gasteiger partial charge in [0.25, 0.3) is 11.8 Å². The third kappa shape index (κ3) is 4.24. The zero-order valence-electron chi connectivity index (χ0n) is 18.8. The summed E-state index contributed by atoms with van der Waals surface area (Å²) < 4.78 is 16.0. The SMILES string of the molecule is O=C(c1cscn1)N1CCC(NC2CN(C(=O)c3sc4ccc(-c5ccccc5)cc4c3F)C2)C1. The molecule has 0 radical (unpaired) electrons. The highest BCUT2D eigenvalue weighted by Gasteiger charge is 2.37. The molecule has 2 aliphatic rings. The summed E-state index contributed by atoms with van der Waals surface area (Å²) in [5, 5.41) is 5.82. The summed E-state index contributed by atoms with van der Waals surface area (Å²) >= 11 is 2.63. The molecule has 1 unspecified atom stereocenters. The number of benzene rings is 2. The Morgan fingerprint density at radius 3 is 2.54 bits per heavy atom. The molecule has 1 N–H and O–H groups in total. The van der Waals surface area contributed by atoms with Crippen LogP contribution in [0.4, 0.5) is 4.39 Å². The van der Waals surface area contributed by atoms with Crippen molar-refractivity contribution in [2.24, 2.45) is 0 Å². The van der Waals surface area contributed by atoms with Crippen LogP contribution >= 0.6 is 22.7 Å². The van der Waals surface area contributed by atoms with Crippen LogP contribution in [0.25, 0.3) is 21.2 Å². The molecule has 178 valence electrons. The summed E-state index contributed by atoms with van der Waals surface area (Å²) in [6.07, 6.45) is 0.870. The van der Waals surface area contributed by atoms with Crippen molar-refractivity contribution < 1.29 is 14.0 Å². The molecule has 0 aliphatic carbocycles. The Morgan fingerprint density at radius 2 is 1.77 bits per heavy atom. The molecular formula is C26H23FN4O2S2. The van der Waals surface area contributed by atoms with Crippen molar-refractivity contribution >= 4 is 44.6 Å². The van der Waals surface area contributed by atoms with E-state index in [1.165, 1.54) is 22.7 Å². The number of hydrogen-bond donors (Lipinski definition) is 1. The second kappa shape index (κ2) is 9.14. The highest BCUT2D eigenvalue weighted by molar-refractivity contribution is 7.20. The van der Waals surface area contributed by atoms with E-state index in [4.69, 9.17) is 0 Å². The molecule has 35 heavy (non-hydrogen) atoms. The highest BCUT2D eigenvalue weighted by Crippen LogP contribution is 2.34. The largest absolute Gasteiger partial charge is 0.336 e. The quantitative estimate of drug-likeness (QED) is 0.433. The molecule has 2 aliphatic heterocycles. The maximum atomic E-state index is 15.3. The smallest absolute Gasteiger partial charge is 0.273 e. The van der Waals surface area contributed by atoms with Crippen molar-refractivity contribution in [3.8, 4) is 11.1 Å². The van der Waals surface area contributed by atoms with Gasteiger partial charge in [0.2, 0.25) is 0 Å². The van der Waals surface area contributed by atoms with Gasteiger partial charge in [-0.25, -0.2) is 9.37 Å². The lowest BCUT2D eigenvalue weighted by molar-refractivity contribution is 0.0553. The molecule has 2 saturated heterocycles. The van der Waals surface area contributed by atoms with E-state index >= 15 is 4.39 Å². The van der Waals surface area contributed by atoms with Gasteiger partial charge in [-0.2, -0.15) is 0 Å². The normalized spacial score (nSPS) is 18.3. The van der Waals surface area contributed by atoms with E-state index in [9.17, 15) is 9.59 Å². The van der Waals surface area contributed by atoms with E-state index in [0.717, 1.165) is 22.2 Å². The number of hydrogen-bond acceptors (Lipinski definition) is 6. The van der Waals surface area contributed by atoms with Crippen LogP contribution in [0.15, 0.2) is 59.4 Å². The molecule has 2 amide bonds. The Balaban J connectivity index is 1.07. The molecular weight excluding hydrogens is 483 g/mol. The van der Waals surface area contributed by atoms with Crippen molar-refractivity contribution in [1.82, 2.24) is 20.1 Å². The molecule has 6 nitrogen and oxygen atoms in total. The number of carbonyl (C=O) groups is 2. The van der Waals surface area contributed by atoms with Gasteiger partial charge in [0.15, 0.2) is 5.82 Å². The third-order valence-electron chi connectivity index (χ3n) is 6.70. The van der Waals surface area contributed by atoms with Crippen molar-refractivity contribution in [3.05, 3.63) is 75.8 Å². The summed E-state index contributed by atoms with van der Waals surface area (Å²) in [6.45, 7) is 2.41. The van der Waals surface area contributed by atoms with E-state index in [-0.39, 0.29) is 28.8 Å². The number of amides is 2. The number of nitrogens with one attached hydrogen (secondary N) is 1. The number of fused-ring (bicyclic) bond motifs is 1. The Labute approximate surface area is 210 Å². The minimum atomic E-state index is -0.434. The lowest BCUT2D eigenvalue weighted by atomic mass is 10.0. The molecule has 0 bridgehead atoms. The maximum Gasteiger partial charge on any atom is 0.273 e.